The Hall–Kier alpha value is -2.34. The summed E-state index contributed by atoms with van der Waals surface area (Å²) in [6.45, 7) is 0.470. The zero-order chi connectivity index (χ0) is 14.5. The van der Waals surface area contributed by atoms with E-state index in [0.29, 0.717) is 12.4 Å². The molecule has 0 radical (unpaired) electrons. The number of aromatic nitrogens is 2. The van der Waals surface area contributed by atoms with Crippen molar-refractivity contribution < 1.29 is 9.53 Å². The molecular weight excluding hydrogens is 280 g/mol. The number of ether oxygens (including phenoxy) is 1. The smallest absolute Gasteiger partial charge is 0.254 e. The lowest BCUT2D eigenvalue weighted by Crippen LogP contribution is -2.16. The predicted molar refractivity (Wildman–Crippen MR) is 75.9 cm³/mol. The van der Waals surface area contributed by atoms with Gasteiger partial charge in [0.05, 0.1) is 12.7 Å². The van der Waals surface area contributed by atoms with Crippen LogP contribution < -0.4 is 15.8 Å². The fourth-order valence-corrected chi connectivity index (χ4v) is 1.74. The highest BCUT2D eigenvalue weighted by Crippen LogP contribution is 2.16. The zero-order valence-corrected chi connectivity index (χ0v) is 11.5. The third-order valence-electron chi connectivity index (χ3n) is 2.64. The number of methoxy groups -OCH3 is 1. The molecule has 0 bridgehead atoms. The van der Waals surface area contributed by atoms with E-state index >= 15 is 0 Å². The van der Waals surface area contributed by atoms with E-state index in [2.05, 4.69) is 15.3 Å². The lowest BCUT2D eigenvalue weighted by Gasteiger charge is -2.09. The van der Waals surface area contributed by atoms with Gasteiger partial charge in [-0.3, -0.25) is 4.79 Å². The molecule has 3 N–H and O–H groups in total. The van der Waals surface area contributed by atoms with Crippen molar-refractivity contribution in [3.8, 4) is 5.75 Å². The maximum atomic E-state index is 11.3. The molecule has 1 aromatic carbocycles. The number of hydrogen-bond donors (Lipinski definition) is 2. The van der Waals surface area contributed by atoms with Gasteiger partial charge >= 0.3 is 0 Å². The largest absolute Gasteiger partial charge is 0.497 e. The average Bonchev–Trinajstić information content (AvgIpc) is 2.45. The first-order valence-electron chi connectivity index (χ1n) is 5.79. The Balaban J connectivity index is 2.13. The minimum atomic E-state index is -0.612. The summed E-state index contributed by atoms with van der Waals surface area (Å²) >= 11 is 5.71. The zero-order valence-electron chi connectivity index (χ0n) is 10.8. The number of halogens is 1. The number of anilines is 1. The van der Waals surface area contributed by atoms with E-state index in [1.807, 2.05) is 24.3 Å². The van der Waals surface area contributed by atoms with Crippen molar-refractivity contribution in [3.63, 3.8) is 0 Å². The van der Waals surface area contributed by atoms with Gasteiger partial charge in [-0.1, -0.05) is 12.1 Å². The second-order valence-electron chi connectivity index (χ2n) is 3.97. The van der Waals surface area contributed by atoms with Gasteiger partial charge in [-0.2, -0.15) is 4.98 Å². The molecule has 2 rings (SSSR count). The summed E-state index contributed by atoms with van der Waals surface area (Å²) in [7, 11) is 1.61. The lowest BCUT2D eigenvalue weighted by molar-refractivity contribution is 0.100. The Morgan fingerprint density at radius 1 is 1.40 bits per heavy atom. The summed E-state index contributed by atoms with van der Waals surface area (Å²) in [5.74, 6) is 0.476. The molecule has 104 valence electrons. The van der Waals surface area contributed by atoms with Gasteiger partial charge in [0, 0.05) is 12.7 Å². The van der Waals surface area contributed by atoms with E-state index in [0.717, 1.165) is 11.3 Å². The minimum Gasteiger partial charge on any atom is -0.497 e. The van der Waals surface area contributed by atoms with Crippen LogP contribution in [-0.4, -0.2) is 23.0 Å². The van der Waals surface area contributed by atoms with Gasteiger partial charge in [-0.25, -0.2) is 4.98 Å². The Morgan fingerprint density at radius 3 is 2.70 bits per heavy atom. The third-order valence-corrected chi connectivity index (χ3v) is 2.83. The Bertz CT molecular complexity index is 616. The van der Waals surface area contributed by atoms with Gasteiger partial charge in [0.15, 0.2) is 0 Å². The summed E-state index contributed by atoms with van der Waals surface area (Å²) in [6.07, 6.45) is 1.30. The topological polar surface area (TPSA) is 90.1 Å². The summed E-state index contributed by atoms with van der Waals surface area (Å²) in [4.78, 5) is 19.0. The van der Waals surface area contributed by atoms with Crippen LogP contribution in [-0.2, 0) is 6.54 Å². The monoisotopic (exact) mass is 292 g/mol. The van der Waals surface area contributed by atoms with Crippen LogP contribution in [0.2, 0.25) is 5.28 Å². The van der Waals surface area contributed by atoms with E-state index in [1.54, 1.807) is 7.11 Å². The number of nitrogens with one attached hydrogen (secondary N) is 1. The molecule has 0 spiro atoms. The predicted octanol–water partition coefficient (Wildman–Crippen LogP) is 1.85. The first-order valence-corrected chi connectivity index (χ1v) is 6.17. The highest BCUT2D eigenvalue weighted by atomic mass is 35.5. The van der Waals surface area contributed by atoms with Crippen LogP contribution in [0.3, 0.4) is 0 Å². The molecule has 1 aromatic heterocycles. The fourth-order valence-electron chi connectivity index (χ4n) is 1.60. The summed E-state index contributed by atoms with van der Waals surface area (Å²) < 4.78 is 5.08. The molecule has 1 heterocycles. The van der Waals surface area contributed by atoms with Crippen molar-refractivity contribution in [1.29, 1.82) is 0 Å². The second-order valence-corrected chi connectivity index (χ2v) is 4.31. The van der Waals surface area contributed by atoms with Gasteiger partial charge in [0.2, 0.25) is 5.28 Å². The summed E-state index contributed by atoms with van der Waals surface area (Å²) in [5.41, 5.74) is 6.45. The lowest BCUT2D eigenvalue weighted by atomic mass is 10.2. The van der Waals surface area contributed by atoms with Crippen LogP contribution >= 0.6 is 11.6 Å². The molecule has 6 nitrogen and oxygen atoms in total. The number of hydrogen-bond acceptors (Lipinski definition) is 5. The molecule has 7 heteroatoms. The number of carbonyl (C=O) groups excluding carboxylic acids is 1. The number of nitrogens with two attached hydrogens (primary N) is 1. The number of primary amides is 1. The second kappa shape index (κ2) is 6.21. The molecule has 0 saturated carbocycles. The summed E-state index contributed by atoms with van der Waals surface area (Å²) in [6, 6.07) is 7.50. The van der Waals surface area contributed by atoms with Gasteiger partial charge in [0.25, 0.3) is 5.91 Å². The Morgan fingerprint density at radius 2 is 2.10 bits per heavy atom. The number of rotatable bonds is 5. The van der Waals surface area contributed by atoms with Gasteiger partial charge < -0.3 is 15.8 Å². The molecule has 0 saturated heterocycles. The number of nitrogens with zero attached hydrogens (tertiary/aromatic N) is 2. The number of amides is 1. The molecule has 2 aromatic rings. The van der Waals surface area contributed by atoms with E-state index in [-0.39, 0.29) is 10.8 Å². The van der Waals surface area contributed by atoms with Crippen LogP contribution in [0.15, 0.2) is 30.5 Å². The molecule has 0 aliphatic carbocycles. The summed E-state index contributed by atoms with van der Waals surface area (Å²) in [5, 5.41) is 3.06. The van der Waals surface area contributed by atoms with Gasteiger partial charge in [-0.15, -0.1) is 0 Å². The minimum absolute atomic E-state index is 0.0484. The van der Waals surface area contributed by atoms with Crippen LogP contribution in [0.1, 0.15) is 15.9 Å². The highest BCUT2D eigenvalue weighted by molar-refractivity contribution is 6.28. The maximum Gasteiger partial charge on any atom is 0.254 e. The van der Waals surface area contributed by atoms with Crippen molar-refractivity contribution in [2.24, 2.45) is 5.73 Å². The van der Waals surface area contributed by atoms with E-state index in [4.69, 9.17) is 22.1 Å². The van der Waals surface area contributed by atoms with Crippen molar-refractivity contribution in [2.45, 2.75) is 6.54 Å². The van der Waals surface area contributed by atoms with Crippen molar-refractivity contribution in [2.75, 3.05) is 12.4 Å². The van der Waals surface area contributed by atoms with Crippen LogP contribution in [0.5, 0.6) is 5.75 Å². The van der Waals surface area contributed by atoms with Crippen molar-refractivity contribution >= 4 is 23.3 Å². The quantitative estimate of drug-likeness (QED) is 0.821. The standard InChI is InChI=1S/C13H13ClN4O2/c1-20-9-4-2-8(3-5-9)6-16-12-10(11(15)19)7-17-13(14)18-12/h2-5,7H,6H2,1H3,(H2,15,19)(H,16,17,18). The van der Waals surface area contributed by atoms with E-state index in [9.17, 15) is 4.79 Å². The van der Waals surface area contributed by atoms with Gasteiger partial charge in [-0.05, 0) is 29.3 Å². The fraction of sp³-hybridized carbons (Fsp3) is 0.154. The molecule has 20 heavy (non-hydrogen) atoms. The Kier molecular flexibility index (Phi) is 4.37. The highest BCUT2D eigenvalue weighted by Gasteiger charge is 2.11. The average molecular weight is 293 g/mol. The Labute approximate surface area is 120 Å². The van der Waals surface area contributed by atoms with Crippen LogP contribution in [0, 0.1) is 0 Å². The number of carbonyl (C=O) groups is 1. The molecular formula is C13H13ClN4O2. The SMILES string of the molecule is COc1ccc(CNc2nc(Cl)ncc2C(N)=O)cc1. The molecule has 1 amide bonds. The first kappa shape index (κ1) is 14.1. The van der Waals surface area contributed by atoms with Crippen molar-refractivity contribution in [3.05, 3.63) is 46.9 Å². The third kappa shape index (κ3) is 3.36. The van der Waals surface area contributed by atoms with E-state index in [1.165, 1.54) is 6.20 Å². The van der Waals surface area contributed by atoms with Crippen molar-refractivity contribution in [1.82, 2.24) is 9.97 Å². The van der Waals surface area contributed by atoms with Crippen LogP contribution in [0.25, 0.3) is 0 Å². The van der Waals surface area contributed by atoms with E-state index < -0.39 is 5.91 Å². The van der Waals surface area contributed by atoms with Crippen LogP contribution in [0.4, 0.5) is 5.82 Å². The maximum absolute atomic E-state index is 11.3. The first-order chi connectivity index (χ1) is 9.60. The molecule has 0 aliphatic rings. The molecule has 0 aliphatic heterocycles. The molecule has 0 unspecified atom stereocenters. The molecule has 0 fully saturated rings. The molecule has 0 atom stereocenters. The normalized spacial score (nSPS) is 10.1. The number of benzene rings is 1. The van der Waals surface area contributed by atoms with Gasteiger partial charge in [0.1, 0.15) is 11.6 Å².